The number of carbonyl (C=O) groups is 2. The molecule has 0 unspecified atom stereocenters. The van der Waals surface area contributed by atoms with Crippen LogP contribution in [0.25, 0.3) is 0 Å². The van der Waals surface area contributed by atoms with Crippen molar-refractivity contribution in [1.29, 1.82) is 0 Å². The van der Waals surface area contributed by atoms with E-state index in [1.807, 2.05) is 55.5 Å². The van der Waals surface area contributed by atoms with Crippen molar-refractivity contribution in [2.75, 3.05) is 12.0 Å². The predicted octanol–water partition coefficient (Wildman–Crippen LogP) is 2.97. The van der Waals surface area contributed by atoms with E-state index in [1.165, 1.54) is 0 Å². The van der Waals surface area contributed by atoms with Crippen molar-refractivity contribution < 1.29 is 14.3 Å². The molecule has 0 aromatic heterocycles. The number of ether oxygens (including phenoxy) is 1. The minimum Gasteiger partial charge on any atom is -0.496 e. The molecule has 1 aliphatic heterocycles. The lowest BCUT2D eigenvalue weighted by molar-refractivity contribution is -0.127. The number of hydrogen-bond acceptors (Lipinski definition) is 3. The van der Waals surface area contributed by atoms with Crippen LogP contribution in [0.1, 0.15) is 30.0 Å². The molecule has 0 bridgehead atoms. The molecule has 1 heterocycles. The van der Waals surface area contributed by atoms with E-state index in [4.69, 9.17) is 10.5 Å². The molecule has 2 aromatic rings. The Morgan fingerprint density at radius 3 is 2.48 bits per heavy atom. The third-order valence-corrected chi connectivity index (χ3v) is 4.73. The van der Waals surface area contributed by atoms with Gasteiger partial charge in [-0.05, 0) is 31.5 Å². The van der Waals surface area contributed by atoms with E-state index < -0.39 is 17.9 Å². The largest absolute Gasteiger partial charge is 0.496 e. The van der Waals surface area contributed by atoms with E-state index in [2.05, 4.69) is 0 Å². The number of hydrogen-bond donors (Lipinski definition) is 1. The molecule has 130 valence electrons. The maximum atomic E-state index is 12.8. The molecular formula is C20H22N2O3. The van der Waals surface area contributed by atoms with Gasteiger partial charge in [-0.15, -0.1) is 0 Å². The highest BCUT2D eigenvalue weighted by atomic mass is 16.5. The van der Waals surface area contributed by atoms with Gasteiger partial charge in [-0.2, -0.15) is 0 Å². The van der Waals surface area contributed by atoms with Crippen molar-refractivity contribution >= 4 is 17.5 Å². The second kappa shape index (κ2) is 6.97. The zero-order valence-corrected chi connectivity index (χ0v) is 14.4. The summed E-state index contributed by atoms with van der Waals surface area (Å²) >= 11 is 0. The first kappa shape index (κ1) is 17.0. The second-order valence-electron chi connectivity index (χ2n) is 6.33. The van der Waals surface area contributed by atoms with Gasteiger partial charge in [0.25, 0.3) is 0 Å². The lowest BCUT2D eigenvalue weighted by Gasteiger charge is -2.40. The van der Waals surface area contributed by atoms with Crippen LogP contribution in [0.5, 0.6) is 5.75 Å². The van der Waals surface area contributed by atoms with Crippen molar-refractivity contribution in [3.8, 4) is 5.75 Å². The summed E-state index contributed by atoms with van der Waals surface area (Å²) in [4.78, 5) is 26.6. The molecule has 0 spiro atoms. The number of nitrogens with zero attached hydrogens (tertiary/aromatic N) is 1. The van der Waals surface area contributed by atoms with E-state index in [0.717, 1.165) is 16.8 Å². The summed E-state index contributed by atoms with van der Waals surface area (Å²) in [5.41, 5.74) is 8.34. The number of piperidine rings is 1. The highest BCUT2D eigenvalue weighted by molar-refractivity contribution is 5.97. The average Bonchev–Trinajstić information content (AvgIpc) is 2.62. The molecule has 2 N–H and O–H groups in total. The fourth-order valence-electron chi connectivity index (χ4n) is 3.47. The summed E-state index contributed by atoms with van der Waals surface area (Å²) in [6, 6.07) is 14.7. The van der Waals surface area contributed by atoms with Gasteiger partial charge in [0.2, 0.25) is 11.8 Å². The summed E-state index contributed by atoms with van der Waals surface area (Å²) < 4.78 is 5.48. The third-order valence-electron chi connectivity index (χ3n) is 4.73. The number of amides is 2. The molecule has 5 heteroatoms. The normalized spacial score (nSPS) is 20.4. The second-order valence-corrected chi connectivity index (χ2v) is 6.33. The van der Waals surface area contributed by atoms with Gasteiger partial charge in [-0.1, -0.05) is 35.9 Å². The van der Waals surface area contributed by atoms with Crippen LogP contribution in [0.2, 0.25) is 0 Å². The minimum absolute atomic E-state index is 0.0164. The Morgan fingerprint density at radius 2 is 1.84 bits per heavy atom. The van der Waals surface area contributed by atoms with Crippen molar-refractivity contribution in [2.24, 2.45) is 11.7 Å². The first-order valence-electron chi connectivity index (χ1n) is 8.34. The maximum Gasteiger partial charge on any atom is 0.227 e. The molecule has 25 heavy (non-hydrogen) atoms. The van der Waals surface area contributed by atoms with Gasteiger partial charge in [-0.3, -0.25) is 9.59 Å². The summed E-state index contributed by atoms with van der Waals surface area (Å²) in [5, 5.41) is 0. The molecule has 2 amide bonds. The van der Waals surface area contributed by atoms with Crippen LogP contribution >= 0.6 is 0 Å². The number of benzene rings is 2. The number of methoxy groups -OCH3 is 1. The predicted molar refractivity (Wildman–Crippen MR) is 96.3 cm³/mol. The Kier molecular flexibility index (Phi) is 4.74. The van der Waals surface area contributed by atoms with Crippen molar-refractivity contribution in [2.45, 2.75) is 25.8 Å². The molecule has 2 aromatic carbocycles. The quantitative estimate of drug-likeness (QED) is 0.931. The minimum atomic E-state index is -0.474. The molecule has 1 saturated heterocycles. The third kappa shape index (κ3) is 3.22. The summed E-state index contributed by atoms with van der Waals surface area (Å²) in [7, 11) is 1.58. The van der Waals surface area contributed by atoms with Gasteiger partial charge in [0.1, 0.15) is 5.75 Å². The Hall–Kier alpha value is -2.82. The maximum absolute atomic E-state index is 12.8. The first-order valence-corrected chi connectivity index (χ1v) is 8.34. The molecular weight excluding hydrogens is 316 g/mol. The molecule has 5 nitrogen and oxygen atoms in total. The molecule has 0 radical (unpaired) electrons. The molecule has 1 fully saturated rings. The smallest absolute Gasteiger partial charge is 0.227 e. The molecule has 2 atom stereocenters. The number of primary amides is 1. The number of para-hydroxylation sites is 1. The van der Waals surface area contributed by atoms with Crippen LogP contribution in [0.15, 0.2) is 48.5 Å². The number of carbonyl (C=O) groups excluding carboxylic acids is 2. The monoisotopic (exact) mass is 338 g/mol. The molecule has 1 aliphatic rings. The number of aryl methyl sites for hydroxylation is 1. The summed E-state index contributed by atoms with van der Waals surface area (Å²) in [6.45, 7) is 1.99. The lowest BCUT2D eigenvalue weighted by atomic mass is 9.83. The molecule has 0 aliphatic carbocycles. The van der Waals surface area contributed by atoms with Gasteiger partial charge < -0.3 is 15.4 Å². The summed E-state index contributed by atoms with van der Waals surface area (Å²) in [5.74, 6) is -0.237. The van der Waals surface area contributed by atoms with Gasteiger partial charge in [-0.25, -0.2) is 0 Å². The molecule has 0 saturated carbocycles. The fraction of sp³-hybridized carbons (Fsp3) is 0.300. The van der Waals surface area contributed by atoms with Crippen LogP contribution < -0.4 is 15.4 Å². The van der Waals surface area contributed by atoms with Crippen LogP contribution in [0, 0.1) is 12.8 Å². The van der Waals surface area contributed by atoms with E-state index in [1.54, 1.807) is 12.0 Å². The van der Waals surface area contributed by atoms with Crippen LogP contribution in [-0.2, 0) is 9.59 Å². The highest BCUT2D eigenvalue weighted by Crippen LogP contribution is 2.42. The Bertz CT molecular complexity index is 786. The number of nitrogens with two attached hydrogens (primary N) is 1. The van der Waals surface area contributed by atoms with Crippen LogP contribution in [-0.4, -0.2) is 18.9 Å². The SMILES string of the molecule is COc1ccccc1[C@@H]1[C@@H](C(N)=O)CCC(=O)N1c1ccc(C)cc1. The van der Waals surface area contributed by atoms with E-state index in [0.29, 0.717) is 18.6 Å². The van der Waals surface area contributed by atoms with Gasteiger partial charge in [0.15, 0.2) is 0 Å². The van der Waals surface area contributed by atoms with Gasteiger partial charge in [0, 0.05) is 17.7 Å². The number of anilines is 1. The average molecular weight is 338 g/mol. The Morgan fingerprint density at radius 1 is 1.16 bits per heavy atom. The highest BCUT2D eigenvalue weighted by Gasteiger charge is 2.41. The van der Waals surface area contributed by atoms with Crippen molar-refractivity contribution in [3.05, 3.63) is 59.7 Å². The van der Waals surface area contributed by atoms with E-state index >= 15 is 0 Å². The zero-order valence-electron chi connectivity index (χ0n) is 14.4. The molecule has 3 rings (SSSR count). The van der Waals surface area contributed by atoms with E-state index in [9.17, 15) is 9.59 Å². The standard InChI is InChI=1S/C20H22N2O3/c1-13-7-9-14(10-8-13)22-18(23)12-11-16(20(21)24)19(22)15-5-3-4-6-17(15)25-2/h3-10,16,19H,11-12H2,1-2H3,(H2,21,24)/t16-,19+/m0/s1. The zero-order chi connectivity index (χ0) is 18.0. The Labute approximate surface area is 147 Å². The van der Waals surface area contributed by atoms with E-state index in [-0.39, 0.29) is 5.91 Å². The Balaban J connectivity index is 2.15. The van der Waals surface area contributed by atoms with Gasteiger partial charge in [0.05, 0.1) is 19.1 Å². The first-order chi connectivity index (χ1) is 12.0. The fourth-order valence-corrected chi connectivity index (χ4v) is 3.47. The van der Waals surface area contributed by atoms with Crippen LogP contribution in [0.4, 0.5) is 5.69 Å². The van der Waals surface area contributed by atoms with Crippen LogP contribution in [0.3, 0.4) is 0 Å². The topological polar surface area (TPSA) is 72.6 Å². The summed E-state index contributed by atoms with van der Waals surface area (Å²) in [6.07, 6.45) is 0.742. The van der Waals surface area contributed by atoms with Crippen molar-refractivity contribution in [3.63, 3.8) is 0 Å². The van der Waals surface area contributed by atoms with Gasteiger partial charge >= 0.3 is 0 Å². The lowest BCUT2D eigenvalue weighted by Crippen LogP contribution is -2.47. The van der Waals surface area contributed by atoms with Crippen molar-refractivity contribution in [1.82, 2.24) is 0 Å². The number of rotatable bonds is 4.